The van der Waals surface area contributed by atoms with E-state index in [0.717, 1.165) is 9.87 Å². The second-order valence-corrected chi connectivity index (χ2v) is 10.2. The molecule has 1 heterocycles. The number of carbonyl (C=O) groups is 2. The van der Waals surface area contributed by atoms with Gasteiger partial charge in [-0.3, -0.25) is 9.69 Å². The Morgan fingerprint density at radius 2 is 1.66 bits per heavy atom. The highest BCUT2D eigenvalue weighted by Crippen LogP contribution is 2.26. The summed E-state index contributed by atoms with van der Waals surface area (Å²) in [6.45, 7) is 1.71. The summed E-state index contributed by atoms with van der Waals surface area (Å²) in [6, 6.07) is 12.5. The fraction of sp³-hybridized carbons (Fsp3) is 0.364. The summed E-state index contributed by atoms with van der Waals surface area (Å²) < 4.78 is 30.9. The maximum absolute atomic E-state index is 13.0. The zero-order chi connectivity index (χ0) is 23.5. The first-order valence-electron chi connectivity index (χ1n) is 10.0. The number of esters is 1. The lowest BCUT2D eigenvalue weighted by molar-refractivity contribution is -0.148. The minimum atomic E-state index is -3.64. The van der Waals surface area contributed by atoms with E-state index < -0.39 is 16.1 Å². The molecule has 172 valence electrons. The van der Waals surface area contributed by atoms with Crippen LogP contribution in [0, 0.1) is 0 Å². The normalized spacial score (nSPS) is 16.1. The van der Waals surface area contributed by atoms with Gasteiger partial charge in [0.25, 0.3) is 5.91 Å². The molecule has 2 aromatic rings. The number of halogens is 1. The topological polar surface area (TPSA) is 87.2 Å². The fourth-order valence-electron chi connectivity index (χ4n) is 3.62. The lowest BCUT2D eigenvalue weighted by Crippen LogP contribution is -2.51. The average Bonchev–Trinajstić information content (AvgIpc) is 2.80. The van der Waals surface area contributed by atoms with Gasteiger partial charge in [0.1, 0.15) is 6.04 Å². The van der Waals surface area contributed by atoms with Gasteiger partial charge in [0.05, 0.1) is 12.0 Å². The van der Waals surface area contributed by atoms with Gasteiger partial charge in [-0.15, -0.1) is 0 Å². The minimum absolute atomic E-state index is 0.0699. The molecular weight excluding hydrogens is 454 g/mol. The van der Waals surface area contributed by atoms with Gasteiger partial charge in [0.2, 0.25) is 10.0 Å². The van der Waals surface area contributed by atoms with Crippen LogP contribution in [0.25, 0.3) is 0 Å². The van der Waals surface area contributed by atoms with E-state index in [1.807, 2.05) is 4.90 Å². The SMILES string of the molecule is COC(=O)[C@@H](c1ccc(Cl)cc1)N1CCN(C(=O)c2cccc(S(=O)(=O)N(C)C)c2)CC1. The molecule has 1 atom stereocenters. The predicted octanol–water partition coefficient (Wildman–Crippen LogP) is 2.26. The minimum Gasteiger partial charge on any atom is -0.468 e. The molecule has 1 aliphatic heterocycles. The summed E-state index contributed by atoms with van der Waals surface area (Å²) in [4.78, 5) is 29.2. The van der Waals surface area contributed by atoms with Crippen LogP contribution in [0.15, 0.2) is 53.4 Å². The zero-order valence-electron chi connectivity index (χ0n) is 18.2. The number of methoxy groups -OCH3 is 1. The van der Waals surface area contributed by atoms with Crippen LogP contribution in [-0.4, -0.2) is 81.8 Å². The van der Waals surface area contributed by atoms with E-state index >= 15 is 0 Å². The summed E-state index contributed by atoms with van der Waals surface area (Å²) in [6.07, 6.45) is 0. The van der Waals surface area contributed by atoms with Gasteiger partial charge in [0, 0.05) is 50.9 Å². The first-order valence-corrected chi connectivity index (χ1v) is 11.9. The Morgan fingerprint density at radius 3 is 2.22 bits per heavy atom. The van der Waals surface area contributed by atoms with E-state index in [9.17, 15) is 18.0 Å². The van der Waals surface area contributed by atoms with E-state index in [1.54, 1.807) is 41.3 Å². The molecule has 0 radical (unpaired) electrons. The van der Waals surface area contributed by atoms with Crippen molar-refractivity contribution in [1.29, 1.82) is 0 Å². The van der Waals surface area contributed by atoms with Crippen molar-refractivity contribution in [2.45, 2.75) is 10.9 Å². The maximum Gasteiger partial charge on any atom is 0.327 e. The molecule has 8 nitrogen and oxygen atoms in total. The van der Waals surface area contributed by atoms with Gasteiger partial charge >= 0.3 is 5.97 Å². The van der Waals surface area contributed by atoms with Crippen molar-refractivity contribution >= 4 is 33.5 Å². The van der Waals surface area contributed by atoms with Crippen LogP contribution in [0.1, 0.15) is 22.0 Å². The fourth-order valence-corrected chi connectivity index (χ4v) is 4.69. The van der Waals surface area contributed by atoms with Gasteiger partial charge in [-0.05, 0) is 35.9 Å². The van der Waals surface area contributed by atoms with E-state index in [4.69, 9.17) is 16.3 Å². The summed E-state index contributed by atoms with van der Waals surface area (Å²) >= 11 is 5.97. The Hall–Kier alpha value is -2.46. The number of ether oxygens (including phenoxy) is 1. The molecule has 1 amide bonds. The number of hydrogen-bond donors (Lipinski definition) is 0. The highest BCUT2D eigenvalue weighted by Gasteiger charge is 2.33. The Kier molecular flexibility index (Phi) is 7.55. The first kappa shape index (κ1) is 24.2. The van der Waals surface area contributed by atoms with Gasteiger partial charge in [-0.2, -0.15) is 0 Å². The van der Waals surface area contributed by atoms with Crippen LogP contribution < -0.4 is 0 Å². The molecule has 0 aliphatic carbocycles. The van der Waals surface area contributed by atoms with Crippen LogP contribution >= 0.6 is 11.6 Å². The molecule has 0 saturated carbocycles. The smallest absolute Gasteiger partial charge is 0.327 e. The molecule has 0 spiro atoms. The van der Waals surface area contributed by atoms with Gasteiger partial charge in [0.15, 0.2) is 0 Å². The molecule has 0 unspecified atom stereocenters. The van der Waals surface area contributed by atoms with Gasteiger partial charge in [-0.25, -0.2) is 17.5 Å². The molecule has 10 heteroatoms. The molecule has 1 saturated heterocycles. The molecule has 1 aliphatic rings. The van der Waals surface area contributed by atoms with Crippen LogP contribution in [-0.2, 0) is 19.6 Å². The lowest BCUT2D eigenvalue weighted by atomic mass is 10.0. The second-order valence-electron chi connectivity index (χ2n) is 7.62. The zero-order valence-corrected chi connectivity index (χ0v) is 19.8. The van der Waals surface area contributed by atoms with Crippen molar-refractivity contribution in [1.82, 2.24) is 14.1 Å². The first-order chi connectivity index (χ1) is 15.1. The highest BCUT2D eigenvalue weighted by molar-refractivity contribution is 7.89. The number of carbonyl (C=O) groups excluding carboxylic acids is 2. The summed E-state index contributed by atoms with van der Waals surface area (Å²) in [7, 11) is 0.603. The van der Waals surface area contributed by atoms with Crippen LogP contribution in [0.4, 0.5) is 0 Å². The van der Waals surface area contributed by atoms with Crippen molar-refractivity contribution in [3.8, 4) is 0 Å². The standard InChI is InChI=1S/C22H26ClN3O5S/c1-24(2)32(29,30)19-6-4-5-17(15-19)21(27)26-13-11-25(12-14-26)20(22(28)31-3)16-7-9-18(23)10-8-16/h4-10,15,20H,11-14H2,1-3H3/t20-/m1/s1. The third kappa shape index (κ3) is 5.12. The molecule has 0 N–H and O–H groups in total. The lowest BCUT2D eigenvalue weighted by Gasteiger charge is -2.38. The van der Waals surface area contributed by atoms with E-state index in [-0.39, 0.29) is 16.8 Å². The maximum atomic E-state index is 13.0. The number of hydrogen-bond acceptors (Lipinski definition) is 6. The number of rotatable bonds is 6. The van der Waals surface area contributed by atoms with Gasteiger partial charge < -0.3 is 9.64 Å². The monoisotopic (exact) mass is 479 g/mol. The van der Waals surface area contributed by atoms with Crippen molar-refractivity contribution in [2.24, 2.45) is 0 Å². The van der Waals surface area contributed by atoms with E-state index in [1.165, 1.54) is 33.3 Å². The molecular formula is C22H26ClN3O5S. The van der Waals surface area contributed by atoms with Crippen molar-refractivity contribution in [2.75, 3.05) is 47.4 Å². The van der Waals surface area contributed by atoms with Crippen molar-refractivity contribution in [3.05, 3.63) is 64.7 Å². The molecule has 0 bridgehead atoms. The van der Waals surface area contributed by atoms with E-state index in [0.29, 0.717) is 36.8 Å². The summed E-state index contributed by atoms with van der Waals surface area (Å²) in [5, 5.41) is 0.575. The van der Waals surface area contributed by atoms with E-state index in [2.05, 4.69) is 0 Å². The predicted molar refractivity (Wildman–Crippen MR) is 121 cm³/mol. The number of piperazine rings is 1. The number of amides is 1. The van der Waals surface area contributed by atoms with Gasteiger partial charge in [-0.1, -0.05) is 29.8 Å². The third-order valence-electron chi connectivity index (χ3n) is 5.44. The average molecular weight is 480 g/mol. The molecule has 2 aromatic carbocycles. The Labute approximate surface area is 193 Å². The summed E-state index contributed by atoms with van der Waals surface area (Å²) in [5.74, 6) is -0.629. The second kappa shape index (κ2) is 9.99. The summed E-state index contributed by atoms with van der Waals surface area (Å²) in [5.41, 5.74) is 1.08. The molecule has 0 aromatic heterocycles. The number of nitrogens with zero attached hydrogens (tertiary/aromatic N) is 3. The Morgan fingerprint density at radius 1 is 1.03 bits per heavy atom. The highest BCUT2D eigenvalue weighted by atomic mass is 35.5. The van der Waals surface area contributed by atoms with Crippen LogP contribution in [0.5, 0.6) is 0 Å². The Bertz CT molecular complexity index is 1080. The van der Waals surface area contributed by atoms with Crippen molar-refractivity contribution in [3.63, 3.8) is 0 Å². The third-order valence-corrected chi connectivity index (χ3v) is 7.50. The van der Waals surface area contributed by atoms with Crippen LogP contribution in [0.3, 0.4) is 0 Å². The molecule has 1 fully saturated rings. The van der Waals surface area contributed by atoms with Crippen molar-refractivity contribution < 1.29 is 22.7 Å². The quantitative estimate of drug-likeness (QED) is 0.591. The largest absolute Gasteiger partial charge is 0.468 e. The molecule has 32 heavy (non-hydrogen) atoms. The van der Waals surface area contributed by atoms with Crippen LogP contribution in [0.2, 0.25) is 5.02 Å². The number of sulfonamides is 1. The number of benzene rings is 2. The Balaban J connectivity index is 1.74. The molecule has 3 rings (SSSR count).